The highest BCUT2D eigenvalue weighted by molar-refractivity contribution is 5.79. The first kappa shape index (κ1) is 21.5. The molecule has 1 aromatic carbocycles. The monoisotopic (exact) mass is 437 g/mol. The third-order valence-corrected chi connectivity index (χ3v) is 6.01. The second-order valence-electron chi connectivity index (χ2n) is 8.07. The van der Waals surface area contributed by atoms with Gasteiger partial charge in [0, 0.05) is 19.1 Å². The number of carbonyl (C=O) groups is 1. The van der Waals surface area contributed by atoms with Crippen molar-refractivity contribution in [1.82, 2.24) is 19.7 Å². The minimum atomic E-state index is -4.40. The number of hydrogen-bond acceptors (Lipinski definition) is 5. The maximum Gasteiger partial charge on any atom is 0.411 e. The Labute approximate surface area is 178 Å². The van der Waals surface area contributed by atoms with Crippen molar-refractivity contribution in [3.63, 3.8) is 0 Å². The van der Waals surface area contributed by atoms with Gasteiger partial charge in [0.05, 0.1) is 13.0 Å². The van der Waals surface area contributed by atoms with Gasteiger partial charge in [-0.05, 0) is 49.8 Å². The molecule has 1 saturated heterocycles. The van der Waals surface area contributed by atoms with Crippen molar-refractivity contribution in [1.29, 1.82) is 0 Å². The number of nitrogens with one attached hydrogen (secondary N) is 1. The average Bonchev–Trinajstić information content (AvgIpc) is 3.22. The van der Waals surface area contributed by atoms with E-state index >= 15 is 0 Å². The number of hydrogen-bond donors (Lipinski definition) is 1. The zero-order chi connectivity index (χ0) is 22.0. The summed E-state index contributed by atoms with van der Waals surface area (Å²) in [5.74, 6) is 0.803. The summed E-state index contributed by atoms with van der Waals surface area (Å²) in [5.41, 5.74) is 0.886. The molecule has 0 spiro atoms. The normalized spacial score (nSPS) is 23.7. The maximum absolute atomic E-state index is 13.6. The Morgan fingerprint density at radius 2 is 2.06 bits per heavy atom. The second-order valence-corrected chi connectivity index (χ2v) is 8.07. The van der Waals surface area contributed by atoms with E-state index in [0.717, 1.165) is 35.2 Å². The number of piperidine rings is 1. The molecule has 0 saturated carbocycles. The van der Waals surface area contributed by atoms with Crippen molar-refractivity contribution in [2.45, 2.75) is 50.9 Å². The number of aromatic nitrogens is 3. The second kappa shape index (κ2) is 8.76. The number of benzene rings is 1. The molecule has 2 aromatic rings. The summed E-state index contributed by atoms with van der Waals surface area (Å²) in [7, 11) is 0. The first-order valence-corrected chi connectivity index (χ1v) is 10.6. The number of alkyl halides is 3. The molecule has 3 atom stereocenters. The molecule has 2 aliphatic heterocycles. The van der Waals surface area contributed by atoms with E-state index in [1.54, 1.807) is 4.90 Å². The summed E-state index contributed by atoms with van der Waals surface area (Å²) in [5, 5.41) is 6.86. The maximum atomic E-state index is 13.6. The Morgan fingerprint density at radius 3 is 2.77 bits per heavy atom. The fraction of sp³-hybridized carbons (Fsp3) is 0.571. The van der Waals surface area contributed by atoms with Crippen molar-refractivity contribution >= 4 is 11.9 Å². The zero-order valence-electron chi connectivity index (χ0n) is 17.3. The average molecular weight is 437 g/mol. The molecule has 1 amide bonds. The van der Waals surface area contributed by atoms with Gasteiger partial charge in [0.25, 0.3) is 0 Å². The highest BCUT2D eigenvalue weighted by Crippen LogP contribution is 2.40. The number of carbonyl (C=O) groups excluding carboxylic acids is 1. The van der Waals surface area contributed by atoms with Crippen LogP contribution in [0.1, 0.15) is 37.8 Å². The Balaban J connectivity index is 1.41. The number of anilines is 1. The van der Waals surface area contributed by atoms with Crippen LogP contribution < -0.4 is 10.1 Å². The molecule has 3 heterocycles. The Bertz CT molecular complexity index is 899. The summed E-state index contributed by atoms with van der Waals surface area (Å²) >= 11 is 0. The van der Waals surface area contributed by atoms with Crippen LogP contribution in [0.4, 0.5) is 19.1 Å². The van der Waals surface area contributed by atoms with Crippen LogP contribution in [-0.4, -0.2) is 57.5 Å². The van der Waals surface area contributed by atoms with Gasteiger partial charge in [-0.15, -0.1) is 0 Å². The third-order valence-electron chi connectivity index (χ3n) is 6.01. The van der Waals surface area contributed by atoms with Crippen LogP contribution in [0.2, 0.25) is 0 Å². The highest BCUT2D eigenvalue weighted by atomic mass is 19.4. The fourth-order valence-electron chi connectivity index (χ4n) is 4.45. The van der Waals surface area contributed by atoms with E-state index in [0.29, 0.717) is 19.7 Å². The van der Waals surface area contributed by atoms with Crippen LogP contribution >= 0.6 is 0 Å². The lowest BCUT2D eigenvalue weighted by molar-refractivity contribution is -0.175. The number of amides is 1. The summed E-state index contributed by atoms with van der Waals surface area (Å²) in [6.07, 6.45) is -1.59. The van der Waals surface area contributed by atoms with Crippen molar-refractivity contribution < 1.29 is 22.7 Å². The van der Waals surface area contributed by atoms with E-state index in [1.165, 1.54) is 0 Å². The third kappa shape index (κ3) is 4.77. The van der Waals surface area contributed by atoms with Gasteiger partial charge in [-0.25, -0.2) is 4.68 Å². The predicted octanol–water partition coefficient (Wildman–Crippen LogP) is 3.45. The summed E-state index contributed by atoms with van der Waals surface area (Å²) < 4.78 is 47.0. The Hall–Kier alpha value is -2.78. The SMILES string of the molecule is CCOc1ccc(CC(=O)N2CCCC([C@@H]3C[C@H](C(F)(F)F)n4ncnc4N3)C2)cc1. The molecule has 10 heteroatoms. The van der Waals surface area contributed by atoms with Gasteiger partial charge in [0.15, 0.2) is 6.04 Å². The predicted molar refractivity (Wildman–Crippen MR) is 108 cm³/mol. The molecule has 7 nitrogen and oxygen atoms in total. The molecule has 0 aliphatic carbocycles. The van der Waals surface area contributed by atoms with Gasteiger partial charge >= 0.3 is 6.18 Å². The fourth-order valence-corrected chi connectivity index (χ4v) is 4.45. The van der Waals surface area contributed by atoms with E-state index in [9.17, 15) is 18.0 Å². The van der Waals surface area contributed by atoms with E-state index in [-0.39, 0.29) is 30.6 Å². The Kier molecular flexibility index (Phi) is 6.06. The molecule has 1 unspecified atom stereocenters. The first-order valence-electron chi connectivity index (χ1n) is 10.6. The van der Waals surface area contributed by atoms with E-state index < -0.39 is 18.3 Å². The summed E-state index contributed by atoms with van der Waals surface area (Å²) in [6, 6.07) is 5.30. The van der Waals surface area contributed by atoms with E-state index in [1.807, 2.05) is 31.2 Å². The summed E-state index contributed by atoms with van der Waals surface area (Å²) in [6.45, 7) is 3.55. The smallest absolute Gasteiger partial charge is 0.411 e. The lowest BCUT2D eigenvalue weighted by Crippen LogP contribution is -2.49. The first-order chi connectivity index (χ1) is 14.8. The van der Waals surface area contributed by atoms with E-state index in [4.69, 9.17) is 4.74 Å². The van der Waals surface area contributed by atoms with Gasteiger partial charge in [-0.2, -0.15) is 23.3 Å². The number of likely N-dealkylation sites (tertiary alicyclic amines) is 1. The van der Waals surface area contributed by atoms with Crippen LogP contribution in [0.25, 0.3) is 0 Å². The van der Waals surface area contributed by atoms with Gasteiger partial charge in [-0.1, -0.05) is 12.1 Å². The molecule has 1 fully saturated rings. The molecule has 0 bridgehead atoms. The number of halogens is 3. The van der Waals surface area contributed by atoms with Crippen molar-refractivity contribution in [3.05, 3.63) is 36.2 Å². The minimum Gasteiger partial charge on any atom is -0.494 e. The number of rotatable bonds is 5. The molecule has 1 N–H and O–H groups in total. The van der Waals surface area contributed by atoms with Gasteiger partial charge in [-0.3, -0.25) is 4.79 Å². The van der Waals surface area contributed by atoms with Crippen molar-refractivity contribution in [2.75, 3.05) is 25.0 Å². The number of ether oxygens (including phenoxy) is 1. The lowest BCUT2D eigenvalue weighted by atomic mass is 9.85. The molecule has 31 heavy (non-hydrogen) atoms. The lowest BCUT2D eigenvalue weighted by Gasteiger charge is -2.41. The van der Waals surface area contributed by atoms with Gasteiger partial charge in [0.1, 0.15) is 12.1 Å². The van der Waals surface area contributed by atoms with Crippen LogP contribution in [0, 0.1) is 5.92 Å². The summed E-state index contributed by atoms with van der Waals surface area (Å²) in [4.78, 5) is 18.6. The largest absolute Gasteiger partial charge is 0.494 e. The van der Waals surface area contributed by atoms with Crippen LogP contribution in [0.15, 0.2) is 30.6 Å². The molecular formula is C21H26F3N5O2. The molecule has 4 rings (SSSR count). The Morgan fingerprint density at radius 1 is 1.29 bits per heavy atom. The number of nitrogens with zero attached hydrogens (tertiary/aromatic N) is 4. The zero-order valence-corrected chi connectivity index (χ0v) is 17.3. The van der Waals surface area contributed by atoms with Crippen LogP contribution in [0.3, 0.4) is 0 Å². The van der Waals surface area contributed by atoms with Crippen molar-refractivity contribution in [3.8, 4) is 5.75 Å². The molecule has 1 aromatic heterocycles. The molecular weight excluding hydrogens is 411 g/mol. The minimum absolute atomic E-state index is 0.0137. The van der Waals surface area contributed by atoms with Crippen LogP contribution in [0.5, 0.6) is 5.75 Å². The van der Waals surface area contributed by atoms with Gasteiger partial charge in [0.2, 0.25) is 11.9 Å². The topological polar surface area (TPSA) is 72.3 Å². The molecule has 2 aliphatic rings. The van der Waals surface area contributed by atoms with Gasteiger partial charge < -0.3 is 15.0 Å². The molecule has 168 valence electrons. The van der Waals surface area contributed by atoms with E-state index in [2.05, 4.69) is 15.4 Å². The standard InChI is InChI=1S/C21H26F3N5O2/c1-2-31-16-7-5-14(6-8-16)10-19(30)28-9-3-4-15(12-28)17-11-18(21(22,23)24)29-20(27-17)25-13-26-29/h5-8,13,15,17-18H,2-4,9-12H2,1H3,(H,25,26,27)/t15?,17-,18+/m0/s1. The molecule has 0 radical (unpaired) electrons. The van der Waals surface area contributed by atoms with Crippen molar-refractivity contribution in [2.24, 2.45) is 5.92 Å². The highest BCUT2D eigenvalue weighted by Gasteiger charge is 2.48. The van der Waals surface area contributed by atoms with Crippen LogP contribution in [-0.2, 0) is 11.2 Å². The quantitative estimate of drug-likeness (QED) is 0.776. The number of fused-ring (bicyclic) bond motifs is 1.